The highest BCUT2D eigenvalue weighted by Gasteiger charge is 2.21. The van der Waals surface area contributed by atoms with Gasteiger partial charge in [-0.3, -0.25) is 0 Å². The van der Waals surface area contributed by atoms with Crippen LogP contribution in [0.2, 0.25) is 5.15 Å². The van der Waals surface area contributed by atoms with Crippen molar-refractivity contribution in [3.8, 4) is 0 Å². The lowest BCUT2D eigenvalue weighted by Crippen LogP contribution is -2.19. The van der Waals surface area contributed by atoms with E-state index >= 15 is 0 Å². The van der Waals surface area contributed by atoms with Crippen molar-refractivity contribution in [3.63, 3.8) is 0 Å². The highest BCUT2D eigenvalue weighted by atomic mass is 35.5. The zero-order valence-electron chi connectivity index (χ0n) is 7.77. The first-order valence-corrected chi connectivity index (χ1v) is 5.17. The summed E-state index contributed by atoms with van der Waals surface area (Å²) in [5.41, 5.74) is 5.53. The first-order chi connectivity index (χ1) is 7.06. The average Bonchev–Trinajstić information content (AvgIpc) is 2.17. The number of hydrogen-bond acceptors (Lipinski definition) is 5. The van der Waals surface area contributed by atoms with E-state index in [4.69, 9.17) is 28.9 Å². The number of aliphatic hydroxyl groups excluding tert-OH is 2. The number of rotatable bonds is 4. The predicted octanol–water partition coefficient (Wildman–Crippen LogP) is 0.735. The zero-order chi connectivity index (χ0) is 11.4. The Morgan fingerprint density at radius 3 is 2.67 bits per heavy atom. The third-order valence-electron chi connectivity index (χ3n) is 1.87. The number of nitrogens with zero attached hydrogens (tertiary/aromatic N) is 2. The van der Waals surface area contributed by atoms with Gasteiger partial charge in [-0.2, -0.15) is 0 Å². The van der Waals surface area contributed by atoms with Gasteiger partial charge >= 0.3 is 0 Å². The van der Waals surface area contributed by atoms with Gasteiger partial charge in [0.1, 0.15) is 11.3 Å². The number of aromatic nitrogens is 2. The Hall–Kier alpha value is -0.620. The van der Waals surface area contributed by atoms with E-state index in [1.807, 2.05) is 0 Å². The number of nitrogens with two attached hydrogens (primary N) is 1. The molecule has 0 fully saturated rings. The van der Waals surface area contributed by atoms with Crippen LogP contribution in [-0.2, 0) is 0 Å². The first-order valence-electron chi connectivity index (χ1n) is 4.26. The van der Waals surface area contributed by atoms with Crippen molar-refractivity contribution in [1.29, 1.82) is 0 Å². The van der Waals surface area contributed by atoms with Crippen LogP contribution in [0.25, 0.3) is 0 Å². The molecular formula is C8H11Cl2N3O2. The van der Waals surface area contributed by atoms with Crippen molar-refractivity contribution in [2.24, 2.45) is 0 Å². The van der Waals surface area contributed by atoms with E-state index in [2.05, 4.69) is 9.97 Å². The molecule has 4 N–H and O–H groups in total. The monoisotopic (exact) mass is 251 g/mol. The minimum absolute atomic E-state index is 0.0165. The van der Waals surface area contributed by atoms with Gasteiger partial charge in [-0.15, -0.1) is 11.6 Å². The van der Waals surface area contributed by atoms with Crippen molar-refractivity contribution in [2.45, 2.75) is 18.6 Å². The molecule has 7 heteroatoms. The molecule has 0 aliphatic heterocycles. The van der Waals surface area contributed by atoms with Crippen LogP contribution in [-0.4, -0.2) is 32.2 Å². The number of hydrogen-bond donors (Lipinski definition) is 3. The molecule has 5 nitrogen and oxygen atoms in total. The Morgan fingerprint density at radius 2 is 2.13 bits per heavy atom. The van der Waals surface area contributed by atoms with Crippen LogP contribution in [0.4, 0.5) is 5.95 Å². The van der Waals surface area contributed by atoms with E-state index < -0.39 is 12.2 Å². The SMILES string of the molecule is Nc1ncc(C(O)C(O)CCCl)c(Cl)n1. The van der Waals surface area contributed by atoms with Gasteiger partial charge in [0, 0.05) is 17.6 Å². The lowest BCUT2D eigenvalue weighted by atomic mass is 10.1. The molecule has 2 atom stereocenters. The highest BCUT2D eigenvalue weighted by Crippen LogP contribution is 2.24. The van der Waals surface area contributed by atoms with Crippen molar-refractivity contribution in [1.82, 2.24) is 9.97 Å². The van der Waals surface area contributed by atoms with Gasteiger partial charge in [0.2, 0.25) is 5.95 Å². The fourth-order valence-electron chi connectivity index (χ4n) is 1.06. The fourth-order valence-corrected chi connectivity index (χ4v) is 1.53. The molecule has 0 aliphatic carbocycles. The molecule has 15 heavy (non-hydrogen) atoms. The standard InChI is InChI=1S/C8H11Cl2N3O2/c9-2-1-5(14)6(15)4-3-12-8(11)13-7(4)10/h3,5-6,14-15H,1-2H2,(H2,11,12,13). The van der Waals surface area contributed by atoms with Crippen LogP contribution in [0.5, 0.6) is 0 Å². The summed E-state index contributed by atoms with van der Waals surface area (Å²) in [5, 5.41) is 19.2. The van der Waals surface area contributed by atoms with Crippen molar-refractivity contribution in [2.75, 3.05) is 11.6 Å². The maximum Gasteiger partial charge on any atom is 0.221 e. The summed E-state index contributed by atoms with van der Waals surface area (Å²) in [7, 11) is 0. The molecule has 0 aromatic carbocycles. The minimum Gasteiger partial charge on any atom is -0.390 e. The maximum absolute atomic E-state index is 9.68. The third kappa shape index (κ3) is 3.17. The Bertz CT molecular complexity index is 338. The van der Waals surface area contributed by atoms with Gasteiger partial charge in [-0.05, 0) is 6.42 Å². The molecule has 0 spiro atoms. The van der Waals surface area contributed by atoms with E-state index in [-0.39, 0.29) is 29.0 Å². The maximum atomic E-state index is 9.68. The fraction of sp³-hybridized carbons (Fsp3) is 0.500. The Morgan fingerprint density at radius 1 is 1.47 bits per heavy atom. The van der Waals surface area contributed by atoms with Gasteiger partial charge in [-0.1, -0.05) is 11.6 Å². The molecule has 0 amide bonds. The Balaban J connectivity index is 2.86. The zero-order valence-corrected chi connectivity index (χ0v) is 9.28. The molecule has 0 radical (unpaired) electrons. The van der Waals surface area contributed by atoms with E-state index in [1.54, 1.807) is 0 Å². The van der Waals surface area contributed by atoms with Crippen LogP contribution in [0, 0.1) is 0 Å². The number of alkyl halides is 1. The van der Waals surface area contributed by atoms with Crippen LogP contribution in [0.15, 0.2) is 6.20 Å². The summed E-state index contributed by atoms with van der Waals surface area (Å²) in [6.07, 6.45) is -0.611. The van der Waals surface area contributed by atoms with Crippen LogP contribution in [0.1, 0.15) is 18.1 Å². The molecule has 0 saturated carbocycles. The largest absolute Gasteiger partial charge is 0.390 e. The van der Waals surface area contributed by atoms with Gasteiger partial charge in [0.25, 0.3) is 0 Å². The van der Waals surface area contributed by atoms with E-state index in [1.165, 1.54) is 6.20 Å². The molecule has 1 aromatic rings. The second-order valence-corrected chi connectivity index (χ2v) is 3.70. The topological polar surface area (TPSA) is 92.3 Å². The summed E-state index contributed by atoms with van der Waals surface area (Å²) in [6, 6.07) is 0. The lowest BCUT2D eigenvalue weighted by molar-refractivity contribution is 0.0167. The minimum atomic E-state index is -1.16. The normalized spacial score (nSPS) is 14.9. The van der Waals surface area contributed by atoms with Crippen LogP contribution < -0.4 is 5.73 Å². The second-order valence-electron chi connectivity index (χ2n) is 2.96. The molecule has 1 heterocycles. The summed E-state index contributed by atoms with van der Waals surface area (Å²) in [5.74, 6) is 0.258. The molecule has 1 aromatic heterocycles. The summed E-state index contributed by atoms with van der Waals surface area (Å²) in [6.45, 7) is 0. The highest BCUT2D eigenvalue weighted by molar-refractivity contribution is 6.30. The first kappa shape index (κ1) is 12.4. The molecular weight excluding hydrogens is 241 g/mol. The molecule has 0 saturated heterocycles. The average molecular weight is 252 g/mol. The van der Waals surface area contributed by atoms with Crippen LogP contribution >= 0.6 is 23.2 Å². The molecule has 1 rings (SSSR count). The number of aliphatic hydroxyl groups is 2. The Labute approximate surface area is 96.9 Å². The Kier molecular flexibility index (Phi) is 4.53. The smallest absolute Gasteiger partial charge is 0.221 e. The number of anilines is 1. The van der Waals surface area contributed by atoms with E-state index in [0.717, 1.165) is 0 Å². The second kappa shape index (κ2) is 5.46. The van der Waals surface area contributed by atoms with E-state index in [9.17, 15) is 10.2 Å². The molecule has 2 unspecified atom stereocenters. The van der Waals surface area contributed by atoms with Gasteiger partial charge in [0.05, 0.1) is 6.10 Å². The molecule has 0 bridgehead atoms. The summed E-state index contributed by atoms with van der Waals surface area (Å²) >= 11 is 11.2. The van der Waals surface area contributed by atoms with Gasteiger partial charge < -0.3 is 15.9 Å². The van der Waals surface area contributed by atoms with Gasteiger partial charge in [-0.25, -0.2) is 9.97 Å². The van der Waals surface area contributed by atoms with Crippen molar-refractivity contribution in [3.05, 3.63) is 16.9 Å². The lowest BCUT2D eigenvalue weighted by Gasteiger charge is -2.17. The summed E-state index contributed by atoms with van der Waals surface area (Å²) < 4.78 is 0. The quantitative estimate of drug-likeness (QED) is 0.542. The van der Waals surface area contributed by atoms with Crippen molar-refractivity contribution >= 4 is 29.2 Å². The van der Waals surface area contributed by atoms with Crippen LogP contribution in [0.3, 0.4) is 0 Å². The molecule has 0 aliphatic rings. The van der Waals surface area contributed by atoms with Gasteiger partial charge in [0.15, 0.2) is 0 Å². The van der Waals surface area contributed by atoms with Crippen molar-refractivity contribution < 1.29 is 10.2 Å². The third-order valence-corrected chi connectivity index (χ3v) is 2.40. The summed E-state index contributed by atoms with van der Waals surface area (Å²) in [4.78, 5) is 7.35. The molecule has 84 valence electrons. The number of nitrogen functional groups attached to an aromatic ring is 1. The van der Waals surface area contributed by atoms with E-state index in [0.29, 0.717) is 0 Å². The predicted molar refractivity (Wildman–Crippen MR) is 57.8 cm³/mol. The number of halogens is 2.